The van der Waals surface area contributed by atoms with Crippen molar-refractivity contribution in [1.29, 1.82) is 0 Å². The van der Waals surface area contributed by atoms with Gasteiger partial charge in [0.25, 0.3) is 0 Å². The summed E-state index contributed by atoms with van der Waals surface area (Å²) < 4.78 is 0. The molecule has 6 N–H and O–H groups in total. The van der Waals surface area contributed by atoms with Crippen molar-refractivity contribution < 1.29 is 14.7 Å². The van der Waals surface area contributed by atoms with Gasteiger partial charge >= 0.3 is 5.97 Å². The number of rotatable bonds is 8. The van der Waals surface area contributed by atoms with E-state index in [1.54, 1.807) is 43.3 Å². The molecule has 0 aliphatic heterocycles. The Bertz CT molecular complexity index is 1040. The van der Waals surface area contributed by atoms with Crippen molar-refractivity contribution in [2.45, 2.75) is 13.1 Å². The van der Waals surface area contributed by atoms with Crippen LogP contribution < -0.4 is 21.7 Å². The lowest BCUT2D eigenvalue weighted by atomic mass is 10.2. The number of carboxylic acid groups (broad SMARTS) is 1. The molecule has 0 bridgehead atoms. The van der Waals surface area contributed by atoms with Crippen molar-refractivity contribution in [2.24, 2.45) is 5.73 Å². The van der Waals surface area contributed by atoms with Gasteiger partial charge in [-0.3, -0.25) is 4.79 Å². The number of hydrogen-bond donors (Lipinski definition) is 5. The Balaban J connectivity index is 1.91. The molecule has 10 nitrogen and oxygen atoms in total. The van der Waals surface area contributed by atoms with E-state index in [1.807, 2.05) is 0 Å². The molecule has 2 aromatic carbocycles. The summed E-state index contributed by atoms with van der Waals surface area (Å²) in [6, 6.07) is 13.1. The Morgan fingerprint density at radius 3 is 2.17 bits per heavy atom. The highest BCUT2D eigenvalue weighted by atomic mass is 16.4. The van der Waals surface area contributed by atoms with Gasteiger partial charge in [-0.05, 0) is 37.3 Å². The number of nitrogens with one attached hydrogen (secondary N) is 3. The van der Waals surface area contributed by atoms with Gasteiger partial charge in [-0.2, -0.15) is 15.0 Å². The fourth-order valence-electron chi connectivity index (χ4n) is 2.43. The zero-order chi connectivity index (χ0) is 20.8. The van der Waals surface area contributed by atoms with Crippen LogP contribution in [0.1, 0.15) is 27.6 Å². The van der Waals surface area contributed by atoms with Crippen LogP contribution in [0, 0.1) is 0 Å². The summed E-state index contributed by atoms with van der Waals surface area (Å²) in [5.74, 6) is -0.426. The summed E-state index contributed by atoms with van der Waals surface area (Å²) >= 11 is 0. The third-order valence-electron chi connectivity index (χ3n) is 3.64. The van der Waals surface area contributed by atoms with Crippen LogP contribution in [0.2, 0.25) is 0 Å². The smallest absolute Gasteiger partial charge is 0.335 e. The molecule has 3 aromatic rings. The summed E-state index contributed by atoms with van der Waals surface area (Å²) in [7, 11) is 0. The fraction of sp³-hybridized carbons (Fsp3) is 0.105. The largest absolute Gasteiger partial charge is 0.478 e. The van der Waals surface area contributed by atoms with E-state index < -0.39 is 12.1 Å². The maximum atomic E-state index is 11.2. The number of carbonyl (C=O) groups excluding carboxylic acids is 1. The first-order chi connectivity index (χ1) is 13.9. The Labute approximate surface area is 166 Å². The molecule has 0 radical (unpaired) electrons. The lowest BCUT2D eigenvalue weighted by molar-refractivity contribution is 0.0696. The summed E-state index contributed by atoms with van der Waals surface area (Å²) in [5.41, 5.74) is 7.51. The van der Waals surface area contributed by atoms with E-state index in [4.69, 9.17) is 10.8 Å². The zero-order valence-electron chi connectivity index (χ0n) is 15.5. The highest BCUT2D eigenvalue weighted by Gasteiger charge is 2.10. The molecule has 10 heteroatoms. The highest BCUT2D eigenvalue weighted by molar-refractivity contribution is 5.89. The minimum atomic E-state index is -1.04. The molecule has 0 fully saturated rings. The van der Waals surface area contributed by atoms with E-state index >= 15 is 0 Å². The number of hydrogen-bond acceptors (Lipinski definition) is 9. The van der Waals surface area contributed by atoms with Crippen molar-refractivity contribution >= 4 is 41.5 Å². The standard InChI is InChI=1S/C19H19N7O3/c1-11(20)21-17-24-18(22-14-6-2-4-12(8-14)10-27)26-19(25-17)23-15-7-3-5-13(9-15)16(28)29/h2-11H,20H2,1H3,(H,28,29)(H3,21,22,23,24,25,26). The van der Waals surface area contributed by atoms with Crippen molar-refractivity contribution in [3.8, 4) is 0 Å². The van der Waals surface area contributed by atoms with E-state index in [0.29, 0.717) is 16.9 Å². The molecule has 148 valence electrons. The normalized spacial score (nSPS) is 11.4. The molecule has 1 aromatic heterocycles. The minimum absolute atomic E-state index is 0.127. The first-order valence-electron chi connectivity index (χ1n) is 8.64. The van der Waals surface area contributed by atoms with Crippen molar-refractivity contribution in [1.82, 2.24) is 15.0 Å². The van der Waals surface area contributed by atoms with Crippen LogP contribution in [0.5, 0.6) is 0 Å². The number of benzene rings is 2. The fourth-order valence-corrected chi connectivity index (χ4v) is 2.43. The molecule has 0 aliphatic carbocycles. The van der Waals surface area contributed by atoms with E-state index in [1.165, 1.54) is 12.1 Å². The van der Waals surface area contributed by atoms with Gasteiger partial charge in [0, 0.05) is 16.9 Å². The Hall–Kier alpha value is -4.05. The number of carboxylic acids is 1. The van der Waals surface area contributed by atoms with Crippen LogP contribution in [0.3, 0.4) is 0 Å². The minimum Gasteiger partial charge on any atom is -0.478 e. The van der Waals surface area contributed by atoms with Crippen LogP contribution in [0.25, 0.3) is 0 Å². The highest BCUT2D eigenvalue weighted by Crippen LogP contribution is 2.20. The number of nitrogens with two attached hydrogens (primary N) is 1. The van der Waals surface area contributed by atoms with Gasteiger partial charge in [0.15, 0.2) is 0 Å². The molecular formula is C19H19N7O3. The maximum Gasteiger partial charge on any atom is 0.335 e. The number of aromatic nitrogens is 3. The van der Waals surface area contributed by atoms with Crippen LogP contribution in [-0.4, -0.2) is 38.5 Å². The quantitative estimate of drug-likeness (QED) is 0.285. The summed E-state index contributed by atoms with van der Waals surface area (Å²) in [6.07, 6.45) is 0.330. The average Bonchev–Trinajstić information content (AvgIpc) is 2.67. The summed E-state index contributed by atoms with van der Waals surface area (Å²) in [6.45, 7) is 1.73. The monoisotopic (exact) mass is 393 g/mol. The molecule has 0 spiro atoms. The second-order valence-electron chi connectivity index (χ2n) is 6.12. The van der Waals surface area contributed by atoms with Crippen molar-refractivity contribution in [3.05, 3.63) is 59.7 Å². The van der Waals surface area contributed by atoms with Gasteiger partial charge in [0.2, 0.25) is 17.8 Å². The first-order valence-corrected chi connectivity index (χ1v) is 8.64. The van der Waals surface area contributed by atoms with Gasteiger partial charge in [-0.1, -0.05) is 18.2 Å². The Morgan fingerprint density at radius 1 is 1.00 bits per heavy atom. The number of carbonyl (C=O) groups is 2. The van der Waals surface area contributed by atoms with Crippen LogP contribution in [-0.2, 0) is 0 Å². The zero-order valence-corrected chi connectivity index (χ0v) is 15.5. The third-order valence-corrected chi connectivity index (χ3v) is 3.64. The molecular weight excluding hydrogens is 374 g/mol. The van der Waals surface area contributed by atoms with Gasteiger partial charge in [0.1, 0.15) is 6.29 Å². The maximum absolute atomic E-state index is 11.2. The lowest BCUT2D eigenvalue weighted by Crippen LogP contribution is -2.26. The first kappa shape index (κ1) is 19.7. The second-order valence-corrected chi connectivity index (χ2v) is 6.12. The Morgan fingerprint density at radius 2 is 1.59 bits per heavy atom. The second kappa shape index (κ2) is 8.76. The van der Waals surface area contributed by atoms with Gasteiger partial charge in [-0.15, -0.1) is 0 Å². The van der Waals surface area contributed by atoms with E-state index in [2.05, 4.69) is 30.9 Å². The van der Waals surface area contributed by atoms with Crippen LogP contribution >= 0.6 is 0 Å². The molecule has 1 heterocycles. The Kier molecular flexibility index (Phi) is 5.95. The van der Waals surface area contributed by atoms with Crippen molar-refractivity contribution in [3.63, 3.8) is 0 Å². The van der Waals surface area contributed by atoms with Crippen LogP contribution in [0.15, 0.2) is 48.5 Å². The number of aldehydes is 1. The summed E-state index contributed by atoms with van der Waals surface area (Å²) in [5, 5.41) is 18.0. The predicted octanol–water partition coefficient (Wildman–Crippen LogP) is 2.59. The molecule has 1 atom stereocenters. The van der Waals surface area contributed by atoms with Gasteiger partial charge in [-0.25, -0.2) is 4.79 Å². The number of anilines is 5. The summed E-state index contributed by atoms with van der Waals surface area (Å²) in [4.78, 5) is 35.0. The predicted molar refractivity (Wildman–Crippen MR) is 109 cm³/mol. The molecule has 0 amide bonds. The molecule has 3 rings (SSSR count). The van der Waals surface area contributed by atoms with E-state index in [0.717, 1.165) is 6.29 Å². The lowest BCUT2D eigenvalue weighted by Gasteiger charge is -2.13. The topological polar surface area (TPSA) is 155 Å². The molecule has 1 unspecified atom stereocenters. The molecule has 0 saturated heterocycles. The van der Waals surface area contributed by atoms with Crippen molar-refractivity contribution in [2.75, 3.05) is 16.0 Å². The third kappa shape index (κ3) is 5.47. The van der Waals surface area contributed by atoms with E-state index in [9.17, 15) is 9.59 Å². The van der Waals surface area contributed by atoms with Gasteiger partial charge < -0.3 is 26.8 Å². The molecule has 29 heavy (non-hydrogen) atoms. The number of aromatic carboxylic acids is 1. The van der Waals surface area contributed by atoms with E-state index in [-0.39, 0.29) is 23.4 Å². The van der Waals surface area contributed by atoms with Crippen LogP contribution in [0.4, 0.5) is 29.2 Å². The van der Waals surface area contributed by atoms with Gasteiger partial charge in [0.05, 0.1) is 11.7 Å². The molecule has 0 aliphatic rings. The number of nitrogens with zero attached hydrogens (tertiary/aromatic N) is 3. The SMILES string of the molecule is CC(N)Nc1nc(Nc2cccc(C=O)c2)nc(Nc2cccc(C(=O)O)c2)n1. The average molecular weight is 393 g/mol. The molecule has 0 saturated carbocycles.